The first-order valence-electron chi connectivity index (χ1n) is 10.3. The number of nitrogen functional groups attached to an aromatic ring is 1. The lowest BCUT2D eigenvalue weighted by Crippen LogP contribution is -2.44. The maximum absolute atomic E-state index is 11.3. The number of nitrogens with two attached hydrogens (primary N) is 1. The molecule has 0 aliphatic carbocycles. The number of aromatic nitrogens is 4. The minimum absolute atomic E-state index is 0.212. The van der Waals surface area contributed by atoms with Crippen molar-refractivity contribution in [1.82, 2.24) is 24.8 Å². The van der Waals surface area contributed by atoms with Gasteiger partial charge in [-0.25, -0.2) is 15.0 Å². The van der Waals surface area contributed by atoms with E-state index in [4.69, 9.17) is 19.9 Å². The maximum Gasteiger partial charge on any atom is 0.320 e. The van der Waals surface area contributed by atoms with Crippen LogP contribution in [-0.4, -0.2) is 78.3 Å². The largest absolute Gasteiger partial charge is 0.480 e. The summed E-state index contributed by atoms with van der Waals surface area (Å²) in [5.74, 6) is -0.538. The van der Waals surface area contributed by atoms with Crippen LogP contribution >= 0.6 is 11.8 Å². The molecule has 3 saturated heterocycles. The predicted octanol–water partition coefficient (Wildman–Crippen LogP) is 0.764. The van der Waals surface area contributed by atoms with Crippen LogP contribution in [0.2, 0.25) is 0 Å². The molecule has 0 amide bonds. The van der Waals surface area contributed by atoms with Crippen LogP contribution in [0.15, 0.2) is 12.7 Å². The van der Waals surface area contributed by atoms with Crippen LogP contribution in [0.5, 0.6) is 0 Å². The number of hydrogen-bond donors (Lipinski definition) is 3. The number of piperidine rings is 1. The summed E-state index contributed by atoms with van der Waals surface area (Å²) in [4.78, 5) is 24.0. The number of nitrogens with zero attached hydrogens (tertiary/aromatic N) is 4. The highest BCUT2D eigenvalue weighted by atomic mass is 32.2. The molecule has 31 heavy (non-hydrogen) atoms. The van der Waals surface area contributed by atoms with E-state index in [9.17, 15) is 9.90 Å². The van der Waals surface area contributed by atoms with Crippen molar-refractivity contribution in [2.75, 3.05) is 18.0 Å². The van der Waals surface area contributed by atoms with Crippen LogP contribution in [0.25, 0.3) is 11.2 Å². The van der Waals surface area contributed by atoms with Crippen LogP contribution < -0.4 is 11.1 Å². The molecule has 0 spiro atoms. The molecule has 3 aliphatic rings. The van der Waals surface area contributed by atoms with Gasteiger partial charge in [-0.1, -0.05) is 0 Å². The van der Waals surface area contributed by atoms with Gasteiger partial charge in [0.2, 0.25) is 0 Å². The molecule has 12 heteroatoms. The van der Waals surface area contributed by atoms with Crippen molar-refractivity contribution < 1.29 is 24.1 Å². The third-order valence-corrected chi connectivity index (χ3v) is 7.36. The van der Waals surface area contributed by atoms with Crippen LogP contribution in [0, 0.1) is 0 Å². The Labute approximate surface area is 183 Å². The number of carbonyl (C=O) groups is 1. The summed E-state index contributed by atoms with van der Waals surface area (Å²) in [6.07, 6.45) is 3.32. The normalized spacial score (nSPS) is 34.8. The lowest BCUT2D eigenvalue weighted by molar-refractivity contribution is -0.193. The lowest BCUT2D eigenvalue weighted by Gasteiger charge is -2.29. The van der Waals surface area contributed by atoms with Crippen LogP contribution in [0.1, 0.15) is 32.9 Å². The molecular weight excluding hydrogens is 424 g/mol. The van der Waals surface area contributed by atoms with Crippen molar-refractivity contribution in [3.05, 3.63) is 12.7 Å². The van der Waals surface area contributed by atoms with Gasteiger partial charge < -0.3 is 30.4 Å². The van der Waals surface area contributed by atoms with Crippen molar-refractivity contribution in [3.8, 4) is 0 Å². The van der Waals surface area contributed by atoms with E-state index in [1.807, 2.05) is 18.4 Å². The fourth-order valence-electron chi connectivity index (χ4n) is 4.53. The number of anilines is 1. The number of imidazole rings is 1. The average molecular weight is 451 g/mol. The number of thioether (sulfide) groups is 1. The molecule has 3 aliphatic heterocycles. The molecule has 4 N–H and O–H groups in total. The summed E-state index contributed by atoms with van der Waals surface area (Å²) in [6, 6.07) is -0.497. The zero-order valence-corrected chi connectivity index (χ0v) is 18.1. The van der Waals surface area contributed by atoms with E-state index in [-0.39, 0.29) is 23.6 Å². The van der Waals surface area contributed by atoms with Gasteiger partial charge in [0.15, 0.2) is 23.5 Å². The summed E-state index contributed by atoms with van der Waals surface area (Å²) < 4.78 is 20.6. The fourth-order valence-corrected chi connectivity index (χ4v) is 5.87. The van der Waals surface area contributed by atoms with Gasteiger partial charge in [-0.05, 0) is 33.2 Å². The summed E-state index contributed by atoms with van der Waals surface area (Å²) in [6.45, 7) is 4.48. The second-order valence-electron chi connectivity index (χ2n) is 8.54. The molecule has 168 valence electrons. The van der Waals surface area contributed by atoms with Crippen molar-refractivity contribution in [2.45, 2.75) is 68.3 Å². The average Bonchev–Trinajstić information content (AvgIpc) is 3.38. The molecule has 2 aromatic rings. The van der Waals surface area contributed by atoms with E-state index in [1.165, 1.54) is 6.33 Å². The minimum Gasteiger partial charge on any atom is -0.480 e. The number of aliphatic carboxylic acids is 1. The zero-order chi connectivity index (χ0) is 21.8. The summed E-state index contributed by atoms with van der Waals surface area (Å²) in [5.41, 5.74) is 7.04. The van der Waals surface area contributed by atoms with E-state index in [2.05, 4.69) is 20.3 Å². The van der Waals surface area contributed by atoms with Crippen LogP contribution in [-0.2, 0) is 19.0 Å². The maximum atomic E-state index is 11.3. The molecule has 6 atom stereocenters. The van der Waals surface area contributed by atoms with E-state index in [0.717, 1.165) is 6.42 Å². The van der Waals surface area contributed by atoms with E-state index >= 15 is 0 Å². The molecule has 0 unspecified atom stereocenters. The second-order valence-corrected chi connectivity index (χ2v) is 9.87. The summed E-state index contributed by atoms with van der Waals surface area (Å²) in [7, 11) is 0. The second kappa shape index (κ2) is 7.85. The number of carboxylic acids is 1. The third kappa shape index (κ3) is 3.87. The van der Waals surface area contributed by atoms with Gasteiger partial charge in [0.05, 0.1) is 12.4 Å². The van der Waals surface area contributed by atoms with E-state index < -0.39 is 24.0 Å². The standard InChI is InChI=1S/C19H26N6O5S/c1-19(2)29-13-11(6-31-9-3-4-21-10(5-9)18(26)27)28-17(14(13)30-19)25-8-24-12-15(20)22-7-23-16(12)25/h7-11,13-14,17,21H,3-6H2,1-2H3,(H,26,27)(H2,20,22,23)/t9-,10-,11-,13-,14-,17-/m1/s1. The molecule has 0 bridgehead atoms. The smallest absolute Gasteiger partial charge is 0.320 e. The summed E-state index contributed by atoms with van der Waals surface area (Å²) in [5, 5.41) is 12.6. The summed E-state index contributed by atoms with van der Waals surface area (Å²) >= 11 is 1.74. The molecule has 0 radical (unpaired) electrons. The van der Waals surface area contributed by atoms with Gasteiger partial charge in [-0.15, -0.1) is 0 Å². The monoisotopic (exact) mass is 450 g/mol. The van der Waals surface area contributed by atoms with Crippen molar-refractivity contribution in [3.63, 3.8) is 0 Å². The molecule has 0 aromatic carbocycles. The van der Waals surface area contributed by atoms with Gasteiger partial charge in [-0.2, -0.15) is 11.8 Å². The van der Waals surface area contributed by atoms with E-state index in [0.29, 0.717) is 35.7 Å². The molecule has 0 saturated carbocycles. The Hall–Kier alpha value is -1.99. The van der Waals surface area contributed by atoms with Crippen molar-refractivity contribution in [1.29, 1.82) is 0 Å². The first-order chi connectivity index (χ1) is 14.8. The number of hydrogen-bond acceptors (Lipinski definition) is 10. The highest BCUT2D eigenvalue weighted by Gasteiger charge is 2.56. The number of carboxylic acid groups (broad SMARTS) is 1. The van der Waals surface area contributed by atoms with Crippen LogP contribution in [0.4, 0.5) is 5.82 Å². The van der Waals surface area contributed by atoms with Gasteiger partial charge in [0.25, 0.3) is 0 Å². The Morgan fingerprint density at radius 3 is 2.97 bits per heavy atom. The number of rotatable bonds is 5. The SMILES string of the molecule is CC1(C)O[C@@H]2[C@H](O1)[C@@H](CS[C@@H]1CCN[C@@H](C(=O)O)C1)O[C@H]2n1cnc2c(N)ncnc21. The van der Waals surface area contributed by atoms with Crippen molar-refractivity contribution >= 4 is 34.7 Å². The first kappa shape index (κ1) is 20.9. The quantitative estimate of drug-likeness (QED) is 0.593. The molecular formula is C19H26N6O5S. The molecule has 2 aromatic heterocycles. The molecule has 11 nitrogen and oxygen atoms in total. The van der Waals surface area contributed by atoms with Crippen molar-refractivity contribution in [2.24, 2.45) is 0 Å². The Morgan fingerprint density at radius 1 is 1.35 bits per heavy atom. The Bertz CT molecular complexity index is 986. The van der Waals surface area contributed by atoms with Gasteiger partial charge in [0, 0.05) is 11.0 Å². The predicted molar refractivity (Wildman–Crippen MR) is 112 cm³/mol. The first-order valence-corrected chi connectivity index (χ1v) is 11.4. The highest BCUT2D eigenvalue weighted by Crippen LogP contribution is 2.45. The number of ether oxygens (including phenoxy) is 3. The van der Waals surface area contributed by atoms with Crippen LogP contribution in [0.3, 0.4) is 0 Å². The Balaban J connectivity index is 1.34. The molecule has 3 fully saturated rings. The number of nitrogens with one attached hydrogen (secondary N) is 1. The Kier molecular flexibility index (Phi) is 5.29. The highest BCUT2D eigenvalue weighted by molar-refractivity contribution is 7.99. The van der Waals surface area contributed by atoms with Gasteiger partial charge in [-0.3, -0.25) is 9.36 Å². The number of fused-ring (bicyclic) bond motifs is 2. The van der Waals surface area contributed by atoms with E-state index in [1.54, 1.807) is 18.1 Å². The molecule has 5 rings (SSSR count). The fraction of sp³-hybridized carbons (Fsp3) is 0.684. The third-order valence-electron chi connectivity index (χ3n) is 5.94. The molecule has 5 heterocycles. The van der Waals surface area contributed by atoms with Gasteiger partial charge in [0.1, 0.15) is 30.1 Å². The van der Waals surface area contributed by atoms with Gasteiger partial charge >= 0.3 is 5.97 Å². The Morgan fingerprint density at radius 2 is 2.16 bits per heavy atom. The zero-order valence-electron chi connectivity index (χ0n) is 17.3. The lowest BCUT2D eigenvalue weighted by atomic mass is 10.1. The topological polar surface area (TPSA) is 147 Å². The minimum atomic E-state index is -0.801.